The fraction of sp³-hybridized carbons (Fsp3) is 0.0625. The van der Waals surface area contributed by atoms with Gasteiger partial charge in [-0.3, -0.25) is 4.79 Å². The number of nitrogens with zero attached hydrogens (tertiary/aromatic N) is 2. The number of benzene rings is 1. The average molecular weight is 361 g/mol. The molecule has 3 N–H and O–H groups in total. The van der Waals surface area contributed by atoms with E-state index in [1.807, 2.05) is 23.6 Å². The summed E-state index contributed by atoms with van der Waals surface area (Å²) in [5.74, 6) is 0.0735. The monoisotopic (exact) mass is 360 g/mol. The van der Waals surface area contributed by atoms with E-state index in [0.29, 0.717) is 10.9 Å². The van der Waals surface area contributed by atoms with Crippen LogP contribution in [-0.2, 0) is 4.79 Å². The van der Waals surface area contributed by atoms with Crippen molar-refractivity contribution >= 4 is 39.7 Å². The smallest absolute Gasteiger partial charge is 0.255 e. The topological polar surface area (TPSA) is 90.1 Å². The van der Waals surface area contributed by atoms with Gasteiger partial charge in [0, 0.05) is 10.9 Å². The maximum atomic E-state index is 10.7. The number of hydrogen-bond acceptors (Lipinski definition) is 6. The minimum Gasteiger partial charge on any atom is -0.484 e. The van der Waals surface area contributed by atoms with E-state index >= 15 is 0 Å². The lowest BCUT2D eigenvalue weighted by Crippen LogP contribution is -2.19. The van der Waals surface area contributed by atoms with Gasteiger partial charge in [0.25, 0.3) is 5.91 Å². The summed E-state index contributed by atoms with van der Waals surface area (Å²) < 4.78 is 5.23. The molecule has 8 heteroatoms. The Morgan fingerprint density at radius 2 is 2.04 bits per heavy atom. The van der Waals surface area contributed by atoms with Crippen LogP contribution in [-0.4, -0.2) is 22.5 Å². The molecule has 0 bridgehead atoms. The van der Waals surface area contributed by atoms with Crippen LogP contribution in [0.15, 0.2) is 48.0 Å². The Hall–Kier alpha value is -2.64. The first kappa shape index (κ1) is 16.2. The zero-order valence-electron chi connectivity index (χ0n) is 12.4. The number of thiazole rings is 1. The lowest BCUT2D eigenvalue weighted by atomic mass is 10.2. The van der Waals surface area contributed by atoms with Gasteiger partial charge in [-0.1, -0.05) is 11.6 Å². The molecule has 24 heavy (non-hydrogen) atoms. The number of rotatable bonds is 6. The maximum Gasteiger partial charge on any atom is 0.255 e. The fourth-order valence-corrected chi connectivity index (χ4v) is 2.77. The molecule has 3 rings (SSSR count). The Balaban J connectivity index is 1.68. The van der Waals surface area contributed by atoms with Crippen molar-refractivity contribution in [1.29, 1.82) is 0 Å². The molecular formula is C16H13ClN4O2S. The minimum absolute atomic E-state index is 0.140. The predicted octanol–water partition coefficient (Wildman–Crippen LogP) is 3.47. The quantitative estimate of drug-likeness (QED) is 0.657. The molecule has 2 heterocycles. The Kier molecular flexibility index (Phi) is 4.93. The van der Waals surface area contributed by atoms with Gasteiger partial charge < -0.3 is 15.8 Å². The lowest BCUT2D eigenvalue weighted by molar-refractivity contribution is -0.119. The van der Waals surface area contributed by atoms with E-state index in [0.717, 1.165) is 22.1 Å². The zero-order chi connectivity index (χ0) is 16.9. The highest BCUT2D eigenvalue weighted by Crippen LogP contribution is 2.28. The van der Waals surface area contributed by atoms with Crippen molar-refractivity contribution in [2.24, 2.45) is 5.73 Å². The van der Waals surface area contributed by atoms with E-state index < -0.39 is 5.91 Å². The SMILES string of the molecule is NC(=O)COc1ccc(-c2csc(Nc3ccc(Cl)nc3)n2)cc1. The van der Waals surface area contributed by atoms with Gasteiger partial charge in [-0.2, -0.15) is 0 Å². The molecule has 1 aromatic carbocycles. The van der Waals surface area contributed by atoms with Crippen LogP contribution in [0, 0.1) is 0 Å². The van der Waals surface area contributed by atoms with E-state index in [9.17, 15) is 4.79 Å². The molecule has 6 nitrogen and oxygen atoms in total. The van der Waals surface area contributed by atoms with Crippen LogP contribution in [0.25, 0.3) is 11.3 Å². The van der Waals surface area contributed by atoms with E-state index in [1.54, 1.807) is 24.4 Å². The summed E-state index contributed by atoms with van der Waals surface area (Å²) >= 11 is 7.25. The summed E-state index contributed by atoms with van der Waals surface area (Å²) in [5, 5.41) is 6.32. The number of amides is 1. The Bertz CT molecular complexity index is 834. The van der Waals surface area contributed by atoms with Gasteiger partial charge in [-0.15, -0.1) is 11.3 Å². The van der Waals surface area contributed by atoms with E-state index in [1.165, 1.54) is 11.3 Å². The molecule has 122 valence electrons. The van der Waals surface area contributed by atoms with E-state index in [-0.39, 0.29) is 6.61 Å². The van der Waals surface area contributed by atoms with Gasteiger partial charge in [0.05, 0.1) is 17.6 Å². The highest BCUT2D eigenvalue weighted by atomic mass is 35.5. The van der Waals surface area contributed by atoms with E-state index in [4.69, 9.17) is 22.1 Å². The second-order valence-electron chi connectivity index (χ2n) is 4.81. The number of pyridine rings is 1. The molecule has 0 saturated heterocycles. The van der Waals surface area contributed by atoms with Crippen molar-refractivity contribution in [3.8, 4) is 17.0 Å². The van der Waals surface area contributed by atoms with Crippen molar-refractivity contribution in [3.05, 3.63) is 53.1 Å². The first-order valence-electron chi connectivity index (χ1n) is 6.96. The molecule has 0 fully saturated rings. The van der Waals surface area contributed by atoms with Crippen molar-refractivity contribution in [1.82, 2.24) is 9.97 Å². The third-order valence-corrected chi connectivity index (χ3v) is 4.00. The largest absolute Gasteiger partial charge is 0.484 e. The number of carbonyl (C=O) groups excluding carboxylic acids is 1. The van der Waals surface area contributed by atoms with Crippen LogP contribution in [0.5, 0.6) is 5.75 Å². The zero-order valence-corrected chi connectivity index (χ0v) is 14.0. The normalized spacial score (nSPS) is 10.4. The Labute approximate surface area is 147 Å². The molecule has 0 saturated carbocycles. The number of aromatic nitrogens is 2. The van der Waals surface area contributed by atoms with Crippen molar-refractivity contribution in [2.75, 3.05) is 11.9 Å². The van der Waals surface area contributed by atoms with E-state index in [2.05, 4.69) is 15.3 Å². The molecular weight excluding hydrogens is 348 g/mol. The molecule has 0 spiro atoms. The van der Waals surface area contributed by atoms with Gasteiger partial charge in [0.2, 0.25) is 0 Å². The second-order valence-corrected chi connectivity index (χ2v) is 6.06. The number of halogens is 1. The highest BCUT2D eigenvalue weighted by Gasteiger charge is 2.06. The van der Waals surface area contributed by atoms with Crippen LogP contribution in [0.3, 0.4) is 0 Å². The number of anilines is 2. The third kappa shape index (κ3) is 4.21. The lowest BCUT2D eigenvalue weighted by Gasteiger charge is -2.04. The van der Waals surface area contributed by atoms with Gasteiger partial charge in [0.15, 0.2) is 11.7 Å². The number of hydrogen-bond donors (Lipinski definition) is 2. The Morgan fingerprint density at radius 3 is 2.71 bits per heavy atom. The van der Waals surface area contributed by atoms with Crippen LogP contribution in [0.2, 0.25) is 5.15 Å². The number of nitrogens with one attached hydrogen (secondary N) is 1. The summed E-state index contributed by atoms with van der Waals surface area (Å²) in [4.78, 5) is 19.2. The molecule has 0 aliphatic rings. The van der Waals surface area contributed by atoms with Gasteiger partial charge >= 0.3 is 0 Å². The van der Waals surface area contributed by atoms with Crippen LogP contribution in [0.4, 0.5) is 10.8 Å². The summed E-state index contributed by atoms with van der Waals surface area (Å²) in [7, 11) is 0. The maximum absolute atomic E-state index is 10.7. The second kappa shape index (κ2) is 7.29. The van der Waals surface area contributed by atoms with Gasteiger partial charge in [0.1, 0.15) is 10.9 Å². The van der Waals surface area contributed by atoms with Crippen LogP contribution >= 0.6 is 22.9 Å². The summed E-state index contributed by atoms with van der Waals surface area (Å²) in [6.45, 7) is -0.140. The van der Waals surface area contributed by atoms with Crippen molar-refractivity contribution < 1.29 is 9.53 Å². The molecule has 3 aromatic rings. The third-order valence-electron chi connectivity index (χ3n) is 3.01. The molecule has 0 radical (unpaired) electrons. The van der Waals surface area contributed by atoms with Crippen molar-refractivity contribution in [2.45, 2.75) is 0 Å². The van der Waals surface area contributed by atoms with Gasteiger partial charge in [-0.25, -0.2) is 9.97 Å². The first-order valence-corrected chi connectivity index (χ1v) is 8.21. The van der Waals surface area contributed by atoms with Crippen LogP contribution < -0.4 is 15.8 Å². The molecule has 2 aromatic heterocycles. The first-order chi connectivity index (χ1) is 11.6. The van der Waals surface area contributed by atoms with Crippen LogP contribution in [0.1, 0.15) is 0 Å². The summed E-state index contributed by atoms with van der Waals surface area (Å²) in [5.41, 5.74) is 7.64. The minimum atomic E-state index is -0.508. The number of carbonyl (C=O) groups is 1. The predicted molar refractivity (Wildman–Crippen MR) is 94.8 cm³/mol. The standard InChI is InChI=1S/C16H13ClN4O2S/c17-14-6-3-11(7-19-14)20-16-21-13(9-24-16)10-1-4-12(5-2-10)23-8-15(18)22/h1-7,9H,8H2,(H2,18,22)(H,20,21). The fourth-order valence-electron chi connectivity index (χ4n) is 1.91. The molecule has 0 unspecified atom stereocenters. The number of ether oxygens (including phenoxy) is 1. The average Bonchev–Trinajstić information content (AvgIpc) is 3.04. The number of primary amides is 1. The molecule has 0 aliphatic carbocycles. The Morgan fingerprint density at radius 1 is 1.25 bits per heavy atom. The number of nitrogens with two attached hydrogens (primary N) is 1. The summed E-state index contributed by atoms with van der Waals surface area (Å²) in [6.07, 6.45) is 1.65. The van der Waals surface area contributed by atoms with Crippen molar-refractivity contribution in [3.63, 3.8) is 0 Å². The molecule has 1 amide bonds. The molecule has 0 atom stereocenters. The van der Waals surface area contributed by atoms with Gasteiger partial charge in [-0.05, 0) is 36.4 Å². The molecule has 0 aliphatic heterocycles. The highest BCUT2D eigenvalue weighted by molar-refractivity contribution is 7.14. The summed E-state index contributed by atoms with van der Waals surface area (Å²) in [6, 6.07) is 10.8.